The number of Topliss-reactive ketones (excluding diaryl/α,β-unsaturated/α-hetero) is 1. The summed E-state index contributed by atoms with van der Waals surface area (Å²) in [6.07, 6.45) is 0. The number of ketones is 1. The van der Waals surface area contributed by atoms with Gasteiger partial charge in [-0.15, -0.1) is 0 Å². The highest BCUT2D eigenvalue weighted by molar-refractivity contribution is 7.99. The molecule has 0 radical (unpaired) electrons. The van der Waals surface area contributed by atoms with Gasteiger partial charge >= 0.3 is 0 Å². The Labute approximate surface area is 127 Å². The molecule has 20 heavy (non-hydrogen) atoms. The van der Waals surface area contributed by atoms with Crippen LogP contribution in [-0.2, 0) is 7.05 Å². The minimum Gasteiger partial charge on any atom is -0.495 e. The zero-order valence-electron chi connectivity index (χ0n) is 11.5. The SMILES string of the molecule is COc1ccc(C(=O)CSc2cc(C)nn2C)cc1Cl. The standard InChI is InChI=1S/C14H15ClN2O2S/c1-9-6-14(17(2)16-9)20-8-12(18)10-4-5-13(19-3)11(15)7-10/h4-7H,8H2,1-3H3. The van der Waals surface area contributed by atoms with Gasteiger partial charge in [-0.25, -0.2) is 0 Å². The molecule has 0 aliphatic carbocycles. The molecule has 0 aliphatic rings. The van der Waals surface area contributed by atoms with Crippen molar-refractivity contribution in [1.29, 1.82) is 0 Å². The van der Waals surface area contributed by atoms with E-state index < -0.39 is 0 Å². The van der Waals surface area contributed by atoms with Crippen LogP contribution in [0.4, 0.5) is 0 Å². The molecule has 0 bridgehead atoms. The summed E-state index contributed by atoms with van der Waals surface area (Å²) in [6.45, 7) is 1.93. The van der Waals surface area contributed by atoms with Gasteiger partial charge in [-0.2, -0.15) is 5.10 Å². The summed E-state index contributed by atoms with van der Waals surface area (Å²) < 4.78 is 6.84. The third-order valence-corrected chi connectivity index (χ3v) is 4.16. The van der Waals surface area contributed by atoms with Crippen LogP contribution in [0.25, 0.3) is 0 Å². The topological polar surface area (TPSA) is 44.1 Å². The van der Waals surface area contributed by atoms with Crippen molar-refractivity contribution in [3.63, 3.8) is 0 Å². The number of aromatic nitrogens is 2. The minimum absolute atomic E-state index is 0.0263. The number of rotatable bonds is 5. The number of hydrogen-bond donors (Lipinski definition) is 0. The first-order chi connectivity index (χ1) is 9.51. The molecule has 2 rings (SSSR count). The van der Waals surface area contributed by atoms with E-state index in [1.165, 1.54) is 11.8 Å². The molecule has 2 aromatic rings. The molecule has 1 heterocycles. The maximum Gasteiger partial charge on any atom is 0.173 e. The Bertz CT molecular complexity index is 640. The van der Waals surface area contributed by atoms with Crippen molar-refractivity contribution in [3.8, 4) is 5.75 Å². The highest BCUT2D eigenvalue weighted by atomic mass is 35.5. The highest BCUT2D eigenvalue weighted by Gasteiger charge is 2.11. The summed E-state index contributed by atoms with van der Waals surface area (Å²) >= 11 is 7.48. The second-order valence-electron chi connectivity index (χ2n) is 4.31. The number of halogens is 1. The first-order valence-corrected chi connectivity index (χ1v) is 7.38. The highest BCUT2D eigenvalue weighted by Crippen LogP contribution is 2.26. The van der Waals surface area contributed by atoms with Gasteiger partial charge in [0.15, 0.2) is 5.78 Å². The summed E-state index contributed by atoms with van der Waals surface area (Å²) in [5.74, 6) is 0.943. The molecule has 106 valence electrons. The molecular weight excluding hydrogens is 296 g/mol. The lowest BCUT2D eigenvalue weighted by molar-refractivity contribution is 0.102. The lowest BCUT2D eigenvalue weighted by Crippen LogP contribution is -2.03. The number of thioether (sulfide) groups is 1. The van der Waals surface area contributed by atoms with Gasteiger partial charge in [-0.05, 0) is 31.2 Å². The molecule has 1 aromatic carbocycles. The normalized spacial score (nSPS) is 10.6. The maximum absolute atomic E-state index is 12.1. The Morgan fingerprint density at radius 2 is 2.20 bits per heavy atom. The lowest BCUT2D eigenvalue weighted by atomic mass is 10.1. The molecular formula is C14H15ClN2O2S. The van der Waals surface area contributed by atoms with Crippen LogP contribution in [0.1, 0.15) is 16.1 Å². The number of nitrogens with zero attached hydrogens (tertiary/aromatic N) is 2. The molecule has 0 amide bonds. The van der Waals surface area contributed by atoms with E-state index in [0.29, 0.717) is 22.1 Å². The second-order valence-corrected chi connectivity index (χ2v) is 5.71. The number of carbonyl (C=O) groups excluding carboxylic acids is 1. The smallest absolute Gasteiger partial charge is 0.173 e. The van der Waals surface area contributed by atoms with Crippen molar-refractivity contribution in [2.24, 2.45) is 7.05 Å². The van der Waals surface area contributed by atoms with Gasteiger partial charge < -0.3 is 4.74 Å². The minimum atomic E-state index is 0.0263. The van der Waals surface area contributed by atoms with Crippen LogP contribution in [0.15, 0.2) is 29.3 Å². The van der Waals surface area contributed by atoms with Crippen molar-refractivity contribution in [1.82, 2.24) is 9.78 Å². The number of methoxy groups -OCH3 is 1. The van der Waals surface area contributed by atoms with Gasteiger partial charge in [0.1, 0.15) is 5.75 Å². The van der Waals surface area contributed by atoms with E-state index in [0.717, 1.165) is 10.7 Å². The molecule has 0 fully saturated rings. The Hall–Kier alpha value is -1.46. The van der Waals surface area contributed by atoms with E-state index >= 15 is 0 Å². The molecule has 0 saturated carbocycles. The Morgan fingerprint density at radius 1 is 1.45 bits per heavy atom. The molecule has 0 unspecified atom stereocenters. The van der Waals surface area contributed by atoms with Gasteiger partial charge in [-0.1, -0.05) is 23.4 Å². The average Bonchev–Trinajstić information content (AvgIpc) is 2.74. The van der Waals surface area contributed by atoms with E-state index in [4.69, 9.17) is 16.3 Å². The predicted octanol–water partition coefficient (Wildman–Crippen LogP) is 3.37. The quantitative estimate of drug-likeness (QED) is 0.627. The summed E-state index contributed by atoms with van der Waals surface area (Å²) in [5, 5.41) is 5.66. The van der Waals surface area contributed by atoms with Crippen molar-refractivity contribution >= 4 is 29.1 Å². The Balaban J connectivity index is 2.05. The zero-order chi connectivity index (χ0) is 14.7. The predicted molar refractivity (Wildman–Crippen MR) is 81.0 cm³/mol. The molecule has 6 heteroatoms. The molecule has 1 aromatic heterocycles. The summed E-state index contributed by atoms with van der Waals surface area (Å²) in [4.78, 5) is 12.1. The fraction of sp³-hybridized carbons (Fsp3) is 0.286. The van der Waals surface area contributed by atoms with Crippen LogP contribution in [0.5, 0.6) is 5.75 Å². The molecule has 0 atom stereocenters. The van der Waals surface area contributed by atoms with Crippen LogP contribution >= 0.6 is 23.4 Å². The van der Waals surface area contributed by atoms with E-state index in [2.05, 4.69) is 5.10 Å². The Kier molecular flexibility index (Phi) is 4.73. The molecule has 0 aliphatic heterocycles. The van der Waals surface area contributed by atoms with Gasteiger partial charge in [-0.3, -0.25) is 9.48 Å². The van der Waals surface area contributed by atoms with Crippen molar-refractivity contribution in [2.75, 3.05) is 12.9 Å². The first-order valence-electron chi connectivity index (χ1n) is 6.01. The van der Waals surface area contributed by atoms with Crippen LogP contribution in [0.3, 0.4) is 0 Å². The second kappa shape index (κ2) is 6.33. The molecule has 0 spiro atoms. The first kappa shape index (κ1) is 14.9. The van der Waals surface area contributed by atoms with E-state index in [1.54, 1.807) is 30.0 Å². The van der Waals surface area contributed by atoms with Gasteiger partial charge in [0.05, 0.1) is 28.6 Å². The van der Waals surface area contributed by atoms with Crippen molar-refractivity contribution in [3.05, 3.63) is 40.5 Å². The molecule has 0 saturated heterocycles. The van der Waals surface area contributed by atoms with E-state index in [-0.39, 0.29) is 5.78 Å². The van der Waals surface area contributed by atoms with Crippen molar-refractivity contribution in [2.45, 2.75) is 11.9 Å². The van der Waals surface area contributed by atoms with Crippen LogP contribution < -0.4 is 4.74 Å². The average molecular weight is 311 g/mol. The number of hydrogen-bond acceptors (Lipinski definition) is 4. The number of aryl methyl sites for hydroxylation is 2. The number of carbonyl (C=O) groups is 1. The third kappa shape index (κ3) is 3.35. The van der Waals surface area contributed by atoms with E-state index in [1.807, 2.05) is 20.0 Å². The van der Waals surface area contributed by atoms with Crippen LogP contribution in [0.2, 0.25) is 5.02 Å². The van der Waals surface area contributed by atoms with Crippen molar-refractivity contribution < 1.29 is 9.53 Å². The summed E-state index contributed by atoms with van der Waals surface area (Å²) in [5.41, 5.74) is 1.53. The maximum atomic E-state index is 12.1. The monoisotopic (exact) mass is 310 g/mol. The largest absolute Gasteiger partial charge is 0.495 e. The summed E-state index contributed by atoms with van der Waals surface area (Å²) in [6, 6.07) is 7.02. The van der Waals surface area contributed by atoms with E-state index in [9.17, 15) is 4.79 Å². The lowest BCUT2D eigenvalue weighted by Gasteiger charge is -2.05. The fourth-order valence-corrected chi connectivity index (χ4v) is 2.97. The zero-order valence-corrected chi connectivity index (χ0v) is 13.1. The molecule has 4 nitrogen and oxygen atoms in total. The number of ether oxygens (including phenoxy) is 1. The third-order valence-electron chi connectivity index (χ3n) is 2.78. The van der Waals surface area contributed by atoms with Crippen LogP contribution in [-0.4, -0.2) is 28.4 Å². The van der Waals surface area contributed by atoms with Gasteiger partial charge in [0.25, 0.3) is 0 Å². The van der Waals surface area contributed by atoms with Gasteiger partial charge in [0, 0.05) is 12.6 Å². The molecule has 0 N–H and O–H groups in total. The fourth-order valence-electron chi connectivity index (χ4n) is 1.78. The number of benzene rings is 1. The van der Waals surface area contributed by atoms with Gasteiger partial charge in [0.2, 0.25) is 0 Å². The van der Waals surface area contributed by atoms with Crippen LogP contribution in [0, 0.1) is 6.92 Å². The summed E-state index contributed by atoms with van der Waals surface area (Å²) in [7, 11) is 3.41. The Morgan fingerprint density at radius 3 is 2.75 bits per heavy atom.